The Labute approximate surface area is 146 Å². The van der Waals surface area contributed by atoms with E-state index in [1.807, 2.05) is 41.3 Å². The van der Waals surface area contributed by atoms with E-state index in [1.54, 1.807) is 6.92 Å². The summed E-state index contributed by atoms with van der Waals surface area (Å²) < 4.78 is 5.55. The second-order valence-corrected chi connectivity index (χ2v) is 6.49. The molecule has 2 heterocycles. The molecule has 2 aromatic carbocycles. The van der Waals surface area contributed by atoms with Crippen molar-refractivity contribution in [2.75, 3.05) is 18.4 Å². The first-order chi connectivity index (χ1) is 12.2. The first kappa shape index (κ1) is 15.7. The highest BCUT2D eigenvalue weighted by molar-refractivity contribution is 6.04. The molecule has 5 heteroatoms. The Morgan fingerprint density at radius 3 is 2.88 bits per heavy atom. The van der Waals surface area contributed by atoms with Crippen LogP contribution in [-0.4, -0.2) is 34.9 Å². The van der Waals surface area contributed by atoms with E-state index in [1.165, 1.54) is 0 Å². The molecule has 0 saturated carbocycles. The van der Waals surface area contributed by atoms with E-state index in [-0.39, 0.29) is 11.9 Å². The summed E-state index contributed by atoms with van der Waals surface area (Å²) in [7, 11) is 0. The molecule has 1 atom stereocenters. The van der Waals surface area contributed by atoms with Gasteiger partial charge in [-0.1, -0.05) is 24.3 Å². The smallest absolute Gasteiger partial charge is 0.256 e. The molecule has 1 aliphatic rings. The van der Waals surface area contributed by atoms with Crippen LogP contribution in [0.5, 0.6) is 0 Å². The van der Waals surface area contributed by atoms with Crippen LogP contribution in [0.2, 0.25) is 0 Å². The fourth-order valence-electron chi connectivity index (χ4n) is 3.45. The molecule has 0 bridgehead atoms. The lowest BCUT2D eigenvalue weighted by molar-refractivity contribution is 0.0716. The maximum absolute atomic E-state index is 13.0. The van der Waals surface area contributed by atoms with Crippen molar-refractivity contribution in [2.24, 2.45) is 0 Å². The van der Waals surface area contributed by atoms with Crippen molar-refractivity contribution in [1.29, 1.82) is 0 Å². The third kappa shape index (κ3) is 3.22. The van der Waals surface area contributed by atoms with E-state index in [9.17, 15) is 4.79 Å². The molecule has 128 valence electrons. The van der Waals surface area contributed by atoms with Crippen LogP contribution >= 0.6 is 0 Å². The van der Waals surface area contributed by atoms with E-state index in [2.05, 4.69) is 22.4 Å². The number of hydrogen-bond acceptors (Lipinski definition) is 4. The van der Waals surface area contributed by atoms with Crippen molar-refractivity contribution in [3.05, 3.63) is 60.0 Å². The Morgan fingerprint density at radius 2 is 2.04 bits per heavy atom. The number of hydrogen-bond donors (Lipinski definition) is 1. The van der Waals surface area contributed by atoms with E-state index >= 15 is 0 Å². The minimum atomic E-state index is 0.0264. The molecule has 25 heavy (non-hydrogen) atoms. The molecule has 0 radical (unpaired) electrons. The molecular formula is C20H21N3O2. The molecule has 1 aliphatic heterocycles. The normalized spacial score (nSPS) is 17.6. The van der Waals surface area contributed by atoms with Gasteiger partial charge >= 0.3 is 0 Å². The number of fused-ring (bicyclic) bond motifs is 1. The summed E-state index contributed by atoms with van der Waals surface area (Å²) in [6, 6.07) is 15.9. The topological polar surface area (TPSA) is 58.4 Å². The molecule has 1 N–H and O–H groups in total. The van der Waals surface area contributed by atoms with Gasteiger partial charge in [-0.3, -0.25) is 4.79 Å². The highest BCUT2D eigenvalue weighted by Crippen LogP contribution is 2.23. The first-order valence-corrected chi connectivity index (χ1v) is 8.68. The van der Waals surface area contributed by atoms with Crippen LogP contribution in [0.15, 0.2) is 52.9 Å². The van der Waals surface area contributed by atoms with Crippen LogP contribution in [0.3, 0.4) is 0 Å². The van der Waals surface area contributed by atoms with E-state index in [4.69, 9.17) is 4.42 Å². The third-order valence-electron chi connectivity index (χ3n) is 4.61. The Balaban J connectivity index is 1.53. The van der Waals surface area contributed by atoms with Crippen LogP contribution in [0.1, 0.15) is 29.1 Å². The fourth-order valence-corrected chi connectivity index (χ4v) is 3.45. The maximum atomic E-state index is 13.0. The number of carbonyl (C=O) groups excluding carboxylic acids is 1. The van der Waals surface area contributed by atoms with Crippen molar-refractivity contribution >= 4 is 22.7 Å². The van der Waals surface area contributed by atoms with Crippen molar-refractivity contribution in [3.8, 4) is 0 Å². The van der Waals surface area contributed by atoms with Gasteiger partial charge in [0.1, 0.15) is 5.52 Å². The van der Waals surface area contributed by atoms with Gasteiger partial charge in [0.05, 0.1) is 5.56 Å². The second-order valence-electron chi connectivity index (χ2n) is 6.49. The Hall–Kier alpha value is -2.82. The number of aromatic nitrogens is 1. The average molecular weight is 335 g/mol. The standard InChI is InChI=1S/C20H21N3O2/c1-14-21-19-17(10-5-11-18(19)25-14)20(24)23-12-6-9-16(13-23)22-15-7-3-2-4-8-15/h2-5,7-8,10-11,16,22H,6,9,12-13H2,1H3. The summed E-state index contributed by atoms with van der Waals surface area (Å²) in [4.78, 5) is 19.3. The SMILES string of the molecule is Cc1nc2c(C(=O)N3CCCC(Nc4ccccc4)C3)cccc2o1. The Kier molecular flexibility index (Phi) is 4.14. The number of benzene rings is 2. The molecule has 1 fully saturated rings. The van der Waals surface area contributed by atoms with Gasteiger partial charge in [0.25, 0.3) is 5.91 Å². The molecule has 1 amide bonds. The molecule has 0 aliphatic carbocycles. The molecule has 1 aromatic heterocycles. The van der Waals surface area contributed by atoms with E-state index < -0.39 is 0 Å². The molecule has 1 saturated heterocycles. The van der Waals surface area contributed by atoms with Gasteiger partial charge in [-0.25, -0.2) is 4.98 Å². The van der Waals surface area contributed by atoms with Crippen LogP contribution < -0.4 is 5.32 Å². The average Bonchev–Trinajstić information content (AvgIpc) is 3.02. The van der Waals surface area contributed by atoms with E-state index in [0.717, 1.165) is 25.1 Å². The number of piperidine rings is 1. The number of likely N-dealkylation sites (tertiary alicyclic amines) is 1. The van der Waals surface area contributed by atoms with E-state index in [0.29, 0.717) is 29.1 Å². The van der Waals surface area contributed by atoms with Crippen LogP contribution in [0.4, 0.5) is 5.69 Å². The lowest BCUT2D eigenvalue weighted by atomic mass is 10.0. The van der Waals surface area contributed by atoms with Gasteiger partial charge in [-0.15, -0.1) is 0 Å². The van der Waals surface area contributed by atoms with Crippen molar-refractivity contribution in [3.63, 3.8) is 0 Å². The molecule has 4 rings (SSSR count). The molecular weight excluding hydrogens is 314 g/mol. The molecule has 0 spiro atoms. The summed E-state index contributed by atoms with van der Waals surface area (Å²) in [6.45, 7) is 3.27. The zero-order valence-electron chi connectivity index (χ0n) is 14.2. The zero-order valence-corrected chi connectivity index (χ0v) is 14.2. The monoisotopic (exact) mass is 335 g/mol. The quantitative estimate of drug-likeness (QED) is 0.790. The van der Waals surface area contributed by atoms with Gasteiger partial charge in [0.15, 0.2) is 11.5 Å². The van der Waals surface area contributed by atoms with Crippen molar-refractivity contribution < 1.29 is 9.21 Å². The number of nitrogens with zero attached hydrogens (tertiary/aromatic N) is 2. The largest absolute Gasteiger partial charge is 0.441 e. The lowest BCUT2D eigenvalue weighted by Crippen LogP contribution is -2.45. The predicted molar refractivity (Wildman–Crippen MR) is 97.7 cm³/mol. The summed E-state index contributed by atoms with van der Waals surface area (Å²) in [5.41, 5.74) is 3.04. The number of carbonyl (C=O) groups is 1. The molecule has 3 aromatic rings. The predicted octanol–water partition coefficient (Wildman–Crippen LogP) is 3.85. The highest BCUT2D eigenvalue weighted by atomic mass is 16.3. The Morgan fingerprint density at radius 1 is 1.20 bits per heavy atom. The number of aryl methyl sites for hydroxylation is 1. The summed E-state index contributed by atoms with van der Waals surface area (Å²) >= 11 is 0. The fraction of sp³-hybridized carbons (Fsp3) is 0.300. The van der Waals surface area contributed by atoms with Crippen LogP contribution in [-0.2, 0) is 0 Å². The first-order valence-electron chi connectivity index (χ1n) is 8.68. The minimum Gasteiger partial charge on any atom is -0.441 e. The van der Waals surface area contributed by atoms with Crippen molar-refractivity contribution in [2.45, 2.75) is 25.8 Å². The number of rotatable bonds is 3. The number of nitrogens with one attached hydrogen (secondary N) is 1. The lowest BCUT2D eigenvalue weighted by Gasteiger charge is -2.33. The maximum Gasteiger partial charge on any atom is 0.256 e. The van der Waals surface area contributed by atoms with Crippen LogP contribution in [0.25, 0.3) is 11.1 Å². The van der Waals surface area contributed by atoms with Crippen LogP contribution in [0, 0.1) is 6.92 Å². The van der Waals surface area contributed by atoms with Gasteiger partial charge in [-0.05, 0) is 37.1 Å². The van der Waals surface area contributed by atoms with Gasteiger partial charge < -0.3 is 14.6 Å². The number of oxazole rings is 1. The second kappa shape index (κ2) is 6.59. The number of amides is 1. The van der Waals surface area contributed by atoms with Gasteiger partial charge in [0.2, 0.25) is 0 Å². The minimum absolute atomic E-state index is 0.0264. The number of anilines is 1. The highest BCUT2D eigenvalue weighted by Gasteiger charge is 2.26. The summed E-state index contributed by atoms with van der Waals surface area (Å²) in [5, 5.41) is 3.53. The molecule has 1 unspecified atom stereocenters. The number of para-hydroxylation sites is 2. The zero-order chi connectivity index (χ0) is 17.2. The van der Waals surface area contributed by atoms with Gasteiger partial charge in [0, 0.05) is 31.7 Å². The summed E-state index contributed by atoms with van der Waals surface area (Å²) in [6.07, 6.45) is 2.05. The Bertz CT molecular complexity index is 888. The van der Waals surface area contributed by atoms with Crippen molar-refractivity contribution in [1.82, 2.24) is 9.88 Å². The third-order valence-corrected chi connectivity index (χ3v) is 4.61. The van der Waals surface area contributed by atoms with Gasteiger partial charge in [-0.2, -0.15) is 0 Å². The summed E-state index contributed by atoms with van der Waals surface area (Å²) in [5.74, 6) is 0.607. The molecule has 5 nitrogen and oxygen atoms in total.